The molecular formula is C10H16N2OS. The Balaban J connectivity index is 2.47. The van der Waals surface area contributed by atoms with Gasteiger partial charge in [-0.1, -0.05) is 20.8 Å². The van der Waals surface area contributed by atoms with Crippen LogP contribution in [0.4, 0.5) is 0 Å². The normalized spacial score (nSPS) is 10.9. The molecule has 0 saturated carbocycles. The summed E-state index contributed by atoms with van der Waals surface area (Å²) in [5.41, 5.74) is 0. The lowest BCUT2D eigenvalue weighted by Gasteiger charge is -2.00. The van der Waals surface area contributed by atoms with Gasteiger partial charge in [0.2, 0.25) is 0 Å². The van der Waals surface area contributed by atoms with Crippen molar-refractivity contribution in [3.8, 4) is 0 Å². The molecule has 0 radical (unpaired) electrons. The van der Waals surface area contributed by atoms with Gasteiger partial charge in [0.15, 0.2) is 0 Å². The van der Waals surface area contributed by atoms with Crippen LogP contribution in [0.5, 0.6) is 0 Å². The molecule has 3 nitrogen and oxygen atoms in total. The van der Waals surface area contributed by atoms with Gasteiger partial charge >= 0.3 is 0 Å². The van der Waals surface area contributed by atoms with Gasteiger partial charge in [-0.2, -0.15) is 4.37 Å². The predicted octanol–water partition coefficient (Wildman–Crippen LogP) is 2.26. The summed E-state index contributed by atoms with van der Waals surface area (Å²) < 4.78 is 4.15. The average molecular weight is 212 g/mol. The Morgan fingerprint density at radius 3 is 2.71 bits per heavy atom. The van der Waals surface area contributed by atoms with Gasteiger partial charge in [0.25, 0.3) is 0 Å². The van der Waals surface area contributed by atoms with Crippen LogP contribution in [0.3, 0.4) is 0 Å². The van der Waals surface area contributed by atoms with E-state index < -0.39 is 0 Å². The Labute approximate surface area is 88.7 Å². The van der Waals surface area contributed by atoms with Crippen LogP contribution in [-0.2, 0) is 17.6 Å². The number of aromatic nitrogens is 2. The van der Waals surface area contributed by atoms with Crippen molar-refractivity contribution in [3.05, 3.63) is 10.8 Å². The molecule has 0 spiro atoms. The molecule has 78 valence electrons. The van der Waals surface area contributed by atoms with Crippen LogP contribution in [0.1, 0.15) is 38.0 Å². The number of aryl methyl sites for hydroxylation is 1. The summed E-state index contributed by atoms with van der Waals surface area (Å²) in [7, 11) is 0. The molecule has 1 aromatic rings. The Bertz CT molecular complexity index is 307. The second-order valence-electron chi connectivity index (χ2n) is 3.77. The van der Waals surface area contributed by atoms with Gasteiger partial charge in [-0.25, -0.2) is 4.98 Å². The Kier molecular flexibility index (Phi) is 4.20. The minimum absolute atomic E-state index is 0.263. The van der Waals surface area contributed by atoms with Crippen molar-refractivity contribution < 1.29 is 4.79 Å². The number of nitrogens with zero attached hydrogens (tertiary/aromatic N) is 2. The first-order valence-electron chi connectivity index (χ1n) is 4.95. The van der Waals surface area contributed by atoms with E-state index in [-0.39, 0.29) is 5.78 Å². The van der Waals surface area contributed by atoms with E-state index in [1.54, 1.807) is 0 Å². The molecule has 0 fully saturated rings. The highest BCUT2D eigenvalue weighted by Gasteiger charge is 2.09. The van der Waals surface area contributed by atoms with Crippen LogP contribution in [0.2, 0.25) is 0 Å². The van der Waals surface area contributed by atoms with Crippen molar-refractivity contribution in [1.82, 2.24) is 9.36 Å². The summed E-state index contributed by atoms with van der Waals surface area (Å²) >= 11 is 1.35. The highest BCUT2D eigenvalue weighted by atomic mass is 32.1. The highest BCUT2D eigenvalue weighted by molar-refractivity contribution is 7.05. The molecule has 0 saturated heterocycles. The SMILES string of the molecule is CCc1nsc(CC(=O)CC(C)C)n1. The molecular weight excluding hydrogens is 196 g/mol. The average Bonchev–Trinajstić information content (AvgIpc) is 2.50. The fourth-order valence-corrected chi connectivity index (χ4v) is 1.95. The number of hydrogen-bond donors (Lipinski definition) is 0. The van der Waals surface area contributed by atoms with Crippen molar-refractivity contribution >= 4 is 17.3 Å². The van der Waals surface area contributed by atoms with Gasteiger partial charge in [0, 0.05) is 12.8 Å². The predicted molar refractivity (Wildman–Crippen MR) is 57.5 cm³/mol. The maximum Gasteiger partial charge on any atom is 0.142 e. The first-order valence-corrected chi connectivity index (χ1v) is 5.72. The summed E-state index contributed by atoms with van der Waals surface area (Å²) in [5, 5.41) is 0.854. The molecule has 14 heavy (non-hydrogen) atoms. The summed E-state index contributed by atoms with van der Waals surface area (Å²) in [6, 6.07) is 0. The second-order valence-corrected chi connectivity index (χ2v) is 4.61. The van der Waals surface area contributed by atoms with E-state index in [2.05, 4.69) is 23.2 Å². The van der Waals surface area contributed by atoms with Crippen molar-refractivity contribution in [1.29, 1.82) is 0 Å². The van der Waals surface area contributed by atoms with E-state index in [0.29, 0.717) is 18.8 Å². The van der Waals surface area contributed by atoms with Crippen molar-refractivity contribution in [3.63, 3.8) is 0 Å². The lowest BCUT2D eigenvalue weighted by Crippen LogP contribution is -2.06. The van der Waals surface area contributed by atoms with E-state index in [9.17, 15) is 4.79 Å². The maximum absolute atomic E-state index is 11.5. The lowest BCUT2D eigenvalue weighted by atomic mass is 10.1. The number of Topliss-reactive ketones (excluding diaryl/α,β-unsaturated/α-hetero) is 1. The standard InChI is InChI=1S/C10H16N2OS/c1-4-9-11-10(14-12-9)6-8(13)5-7(2)3/h7H,4-6H2,1-3H3. The summed E-state index contributed by atoms with van der Waals surface area (Å²) in [4.78, 5) is 15.7. The van der Waals surface area contributed by atoms with E-state index in [4.69, 9.17) is 0 Å². The first-order chi connectivity index (χ1) is 6.61. The van der Waals surface area contributed by atoms with Crippen LogP contribution in [0, 0.1) is 5.92 Å². The van der Waals surface area contributed by atoms with Crippen LogP contribution >= 0.6 is 11.5 Å². The number of ketones is 1. The molecule has 0 N–H and O–H groups in total. The quantitative estimate of drug-likeness (QED) is 0.752. The van der Waals surface area contributed by atoms with E-state index in [0.717, 1.165) is 17.3 Å². The number of rotatable bonds is 5. The summed E-state index contributed by atoms with van der Waals surface area (Å²) in [5.74, 6) is 1.54. The van der Waals surface area contributed by atoms with Crippen LogP contribution in [0.15, 0.2) is 0 Å². The lowest BCUT2D eigenvalue weighted by molar-refractivity contribution is -0.119. The zero-order chi connectivity index (χ0) is 10.6. The van der Waals surface area contributed by atoms with Crippen molar-refractivity contribution in [2.45, 2.75) is 40.0 Å². The Hall–Kier alpha value is -0.770. The van der Waals surface area contributed by atoms with Gasteiger partial charge in [-0.05, 0) is 17.5 Å². The fraction of sp³-hybridized carbons (Fsp3) is 0.700. The largest absolute Gasteiger partial charge is 0.299 e. The van der Waals surface area contributed by atoms with Gasteiger partial charge in [0.05, 0.1) is 6.42 Å². The molecule has 0 aliphatic rings. The first kappa shape index (κ1) is 11.3. The third-order valence-electron chi connectivity index (χ3n) is 1.81. The fourth-order valence-electron chi connectivity index (χ4n) is 1.20. The Morgan fingerprint density at radius 1 is 1.50 bits per heavy atom. The minimum Gasteiger partial charge on any atom is -0.299 e. The molecule has 0 atom stereocenters. The van der Waals surface area contributed by atoms with E-state index in [1.807, 2.05) is 6.92 Å². The van der Waals surface area contributed by atoms with Crippen LogP contribution in [0.25, 0.3) is 0 Å². The van der Waals surface area contributed by atoms with E-state index in [1.165, 1.54) is 11.5 Å². The number of carbonyl (C=O) groups excluding carboxylic acids is 1. The third kappa shape index (κ3) is 3.54. The minimum atomic E-state index is 0.263. The van der Waals surface area contributed by atoms with Crippen molar-refractivity contribution in [2.24, 2.45) is 5.92 Å². The van der Waals surface area contributed by atoms with Crippen LogP contribution in [-0.4, -0.2) is 15.1 Å². The van der Waals surface area contributed by atoms with Gasteiger partial charge in [-0.3, -0.25) is 4.79 Å². The molecule has 0 aliphatic heterocycles. The van der Waals surface area contributed by atoms with Gasteiger partial charge < -0.3 is 0 Å². The Morgan fingerprint density at radius 2 is 2.21 bits per heavy atom. The maximum atomic E-state index is 11.5. The molecule has 0 unspecified atom stereocenters. The molecule has 0 aliphatic carbocycles. The van der Waals surface area contributed by atoms with Gasteiger partial charge in [-0.15, -0.1) is 0 Å². The summed E-state index contributed by atoms with van der Waals surface area (Å²) in [6.07, 6.45) is 1.94. The monoisotopic (exact) mass is 212 g/mol. The zero-order valence-electron chi connectivity index (χ0n) is 8.91. The molecule has 0 aromatic carbocycles. The molecule has 1 aromatic heterocycles. The molecule has 1 heterocycles. The molecule has 0 amide bonds. The number of carbonyl (C=O) groups is 1. The van der Waals surface area contributed by atoms with Crippen molar-refractivity contribution in [2.75, 3.05) is 0 Å². The zero-order valence-corrected chi connectivity index (χ0v) is 9.73. The smallest absolute Gasteiger partial charge is 0.142 e. The third-order valence-corrected chi connectivity index (χ3v) is 2.56. The molecule has 4 heteroatoms. The second kappa shape index (κ2) is 5.20. The molecule has 1 rings (SSSR count). The topological polar surface area (TPSA) is 42.9 Å². The van der Waals surface area contributed by atoms with Gasteiger partial charge in [0.1, 0.15) is 16.6 Å². The summed E-state index contributed by atoms with van der Waals surface area (Å²) in [6.45, 7) is 6.12. The highest BCUT2D eigenvalue weighted by Crippen LogP contribution is 2.09. The van der Waals surface area contributed by atoms with E-state index >= 15 is 0 Å². The van der Waals surface area contributed by atoms with Crippen LogP contribution < -0.4 is 0 Å². The number of hydrogen-bond acceptors (Lipinski definition) is 4. The molecule has 0 bridgehead atoms.